The average Bonchev–Trinajstić information content (AvgIpc) is 2.36. The van der Waals surface area contributed by atoms with E-state index >= 15 is 0 Å². The number of carbonyl (C=O) groups excluding carboxylic acids is 1. The summed E-state index contributed by atoms with van der Waals surface area (Å²) in [5, 5.41) is 0. The normalized spacial score (nSPS) is 26.2. The second-order valence-electron chi connectivity index (χ2n) is 2.64. The van der Waals surface area contributed by atoms with E-state index in [0.717, 1.165) is 6.29 Å². The zero-order chi connectivity index (χ0) is 7.61. The van der Waals surface area contributed by atoms with E-state index < -0.39 is 5.79 Å². The van der Waals surface area contributed by atoms with Crippen molar-refractivity contribution in [1.29, 1.82) is 0 Å². The van der Waals surface area contributed by atoms with Crippen molar-refractivity contribution in [3.63, 3.8) is 0 Å². The summed E-state index contributed by atoms with van der Waals surface area (Å²) in [6.45, 7) is 4.76. The lowest BCUT2D eigenvalue weighted by molar-refractivity contribution is -0.176. The maximum Gasteiger partial charge on any atom is 0.174 e. The Morgan fingerprint density at radius 1 is 1.50 bits per heavy atom. The van der Waals surface area contributed by atoms with Gasteiger partial charge in [-0.2, -0.15) is 0 Å². The van der Waals surface area contributed by atoms with Gasteiger partial charge in [0.1, 0.15) is 6.29 Å². The highest BCUT2D eigenvalue weighted by Crippen LogP contribution is 2.25. The fourth-order valence-corrected chi connectivity index (χ4v) is 0.917. The van der Waals surface area contributed by atoms with Gasteiger partial charge in [-0.15, -0.1) is 0 Å². The molecule has 0 saturated carbocycles. The molecule has 3 nitrogen and oxygen atoms in total. The van der Waals surface area contributed by atoms with Gasteiger partial charge in [0, 0.05) is 0 Å². The third-order valence-corrected chi connectivity index (χ3v) is 1.89. The Hall–Kier alpha value is -0.410. The van der Waals surface area contributed by atoms with Crippen LogP contribution >= 0.6 is 0 Å². The molecule has 58 valence electrons. The summed E-state index contributed by atoms with van der Waals surface area (Å²) in [7, 11) is 0. The van der Waals surface area contributed by atoms with E-state index in [9.17, 15) is 4.79 Å². The van der Waals surface area contributed by atoms with Crippen molar-refractivity contribution in [3.8, 4) is 0 Å². The second kappa shape index (κ2) is 2.68. The molecule has 0 N–H and O–H groups in total. The minimum Gasteiger partial charge on any atom is -0.347 e. The van der Waals surface area contributed by atoms with Crippen LogP contribution in [0.5, 0.6) is 0 Å². The average molecular weight is 144 g/mol. The molecule has 0 aromatic rings. The Morgan fingerprint density at radius 2 is 2.00 bits per heavy atom. The first-order valence-electron chi connectivity index (χ1n) is 3.42. The van der Waals surface area contributed by atoms with Crippen LogP contribution in [-0.2, 0) is 14.3 Å². The van der Waals surface area contributed by atoms with Gasteiger partial charge in [0.25, 0.3) is 0 Å². The van der Waals surface area contributed by atoms with E-state index in [-0.39, 0.29) is 5.92 Å². The molecule has 0 radical (unpaired) electrons. The van der Waals surface area contributed by atoms with Crippen LogP contribution in [0.1, 0.15) is 13.8 Å². The van der Waals surface area contributed by atoms with Gasteiger partial charge in [0.05, 0.1) is 19.1 Å². The van der Waals surface area contributed by atoms with Crippen molar-refractivity contribution in [2.75, 3.05) is 13.2 Å². The van der Waals surface area contributed by atoms with Gasteiger partial charge < -0.3 is 14.3 Å². The van der Waals surface area contributed by atoms with Crippen LogP contribution in [0.2, 0.25) is 0 Å². The molecule has 1 aliphatic heterocycles. The number of hydrogen-bond acceptors (Lipinski definition) is 3. The van der Waals surface area contributed by atoms with Gasteiger partial charge in [0.15, 0.2) is 5.79 Å². The van der Waals surface area contributed by atoms with E-state index in [2.05, 4.69) is 0 Å². The van der Waals surface area contributed by atoms with E-state index in [1.807, 2.05) is 0 Å². The van der Waals surface area contributed by atoms with Crippen LogP contribution < -0.4 is 0 Å². The molecule has 3 heteroatoms. The zero-order valence-electron chi connectivity index (χ0n) is 6.29. The highest BCUT2D eigenvalue weighted by atomic mass is 16.7. The minimum atomic E-state index is -0.665. The smallest absolute Gasteiger partial charge is 0.174 e. The van der Waals surface area contributed by atoms with Gasteiger partial charge in [-0.25, -0.2) is 0 Å². The number of carbonyl (C=O) groups is 1. The van der Waals surface area contributed by atoms with Crippen molar-refractivity contribution in [2.45, 2.75) is 19.6 Å². The molecule has 1 atom stereocenters. The van der Waals surface area contributed by atoms with Gasteiger partial charge >= 0.3 is 0 Å². The standard InChI is InChI=1S/C7H12O3/c1-6(5-8)7(2)9-3-4-10-7/h5-6H,3-4H2,1-2H3. The van der Waals surface area contributed by atoms with Crippen molar-refractivity contribution in [2.24, 2.45) is 5.92 Å². The van der Waals surface area contributed by atoms with Crippen LogP contribution in [0.3, 0.4) is 0 Å². The number of aldehydes is 1. The van der Waals surface area contributed by atoms with Gasteiger partial charge in [-0.1, -0.05) is 6.92 Å². The van der Waals surface area contributed by atoms with Crippen molar-refractivity contribution in [3.05, 3.63) is 0 Å². The number of hydrogen-bond donors (Lipinski definition) is 0. The lowest BCUT2D eigenvalue weighted by atomic mass is 10.1. The summed E-state index contributed by atoms with van der Waals surface area (Å²) < 4.78 is 10.5. The molecule has 1 rings (SSSR count). The second-order valence-corrected chi connectivity index (χ2v) is 2.64. The number of rotatable bonds is 2. The number of ether oxygens (including phenoxy) is 2. The third kappa shape index (κ3) is 1.20. The summed E-state index contributed by atoms with van der Waals surface area (Å²) in [5.74, 6) is -0.850. The molecule has 0 spiro atoms. The Morgan fingerprint density at radius 3 is 2.40 bits per heavy atom. The van der Waals surface area contributed by atoms with Crippen molar-refractivity contribution in [1.82, 2.24) is 0 Å². The first kappa shape index (κ1) is 7.69. The topological polar surface area (TPSA) is 35.5 Å². The molecule has 1 fully saturated rings. The molecule has 0 aromatic carbocycles. The van der Waals surface area contributed by atoms with Gasteiger partial charge in [-0.3, -0.25) is 0 Å². The van der Waals surface area contributed by atoms with E-state index in [1.165, 1.54) is 0 Å². The Labute approximate surface area is 60.3 Å². The van der Waals surface area contributed by atoms with Crippen LogP contribution in [0, 0.1) is 5.92 Å². The summed E-state index contributed by atoms with van der Waals surface area (Å²) >= 11 is 0. The van der Waals surface area contributed by atoms with Crippen LogP contribution in [-0.4, -0.2) is 25.3 Å². The quantitative estimate of drug-likeness (QED) is 0.532. The molecule has 1 aliphatic rings. The van der Waals surface area contributed by atoms with Crippen molar-refractivity contribution >= 4 is 6.29 Å². The summed E-state index contributed by atoms with van der Waals surface area (Å²) in [6.07, 6.45) is 0.852. The van der Waals surface area contributed by atoms with Crippen LogP contribution in [0.25, 0.3) is 0 Å². The molecule has 1 unspecified atom stereocenters. The lowest BCUT2D eigenvalue weighted by Gasteiger charge is -2.25. The molecule has 0 bridgehead atoms. The fourth-order valence-electron chi connectivity index (χ4n) is 0.917. The monoisotopic (exact) mass is 144 g/mol. The largest absolute Gasteiger partial charge is 0.347 e. The Bertz CT molecular complexity index is 127. The molecule has 10 heavy (non-hydrogen) atoms. The molecular weight excluding hydrogens is 132 g/mol. The predicted molar refractivity (Wildman–Crippen MR) is 35.5 cm³/mol. The molecule has 1 heterocycles. The predicted octanol–water partition coefficient (Wildman–Crippen LogP) is 0.584. The van der Waals surface area contributed by atoms with Gasteiger partial charge in [0.2, 0.25) is 0 Å². The molecule has 1 saturated heterocycles. The SMILES string of the molecule is CC(C=O)C1(C)OCCO1. The van der Waals surface area contributed by atoms with E-state index in [1.54, 1.807) is 13.8 Å². The zero-order valence-corrected chi connectivity index (χ0v) is 6.29. The highest BCUT2D eigenvalue weighted by Gasteiger charge is 2.36. The highest BCUT2D eigenvalue weighted by molar-refractivity contribution is 5.54. The van der Waals surface area contributed by atoms with Gasteiger partial charge in [-0.05, 0) is 6.92 Å². The maximum atomic E-state index is 10.3. The fraction of sp³-hybridized carbons (Fsp3) is 0.857. The summed E-state index contributed by atoms with van der Waals surface area (Å²) in [6, 6.07) is 0. The molecular formula is C7H12O3. The first-order valence-corrected chi connectivity index (χ1v) is 3.42. The third-order valence-electron chi connectivity index (χ3n) is 1.89. The van der Waals surface area contributed by atoms with Crippen LogP contribution in [0.15, 0.2) is 0 Å². The Kier molecular flexibility index (Phi) is 2.06. The first-order chi connectivity index (χ1) is 4.69. The van der Waals surface area contributed by atoms with E-state index in [0.29, 0.717) is 13.2 Å². The summed E-state index contributed by atoms with van der Waals surface area (Å²) in [5.41, 5.74) is 0. The summed E-state index contributed by atoms with van der Waals surface area (Å²) in [4.78, 5) is 10.3. The molecule has 0 aliphatic carbocycles. The molecule has 0 aromatic heterocycles. The minimum absolute atomic E-state index is 0.185. The molecule has 0 amide bonds. The van der Waals surface area contributed by atoms with Crippen molar-refractivity contribution < 1.29 is 14.3 Å². The van der Waals surface area contributed by atoms with Crippen LogP contribution in [0.4, 0.5) is 0 Å². The maximum absolute atomic E-state index is 10.3. The Balaban J connectivity index is 2.57. The van der Waals surface area contributed by atoms with E-state index in [4.69, 9.17) is 9.47 Å². The lowest BCUT2D eigenvalue weighted by Crippen LogP contribution is -2.34.